The number of ether oxygens (including phenoxy) is 1. The van der Waals surface area contributed by atoms with Crippen molar-refractivity contribution >= 4 is 23.1 Å². The average molecular weight is 483 g/mol. The van der Waals surface area contributed by atoms with Crippen LogP contribution in [0.1, 0.15) is 50.6 Å². The van der Waals surface area contributed by atoms with Gasteiger partial charge in [0.1, 0.15) is 18.4 Å². The Morgan fingerprint density at radius 1 is 1.17 bits per heavy atom. The van der Waals surface area contributed by atoms with Crippen molar-refractivity contribution < 1.29 is 13.9 Å². The van der Waals surface area contributed by atoms with E-state index < -0.39 is 0 Å². The van der Waals surface area contributed by atoms with E-state index in [1.165, 1.54) is 19.3 Å². The van der Waals surface area contributed by atoms with Crippen LogP contribution in [0.4, 0.5) is 5.69 Å². The molecule has 0 radical (unpaired) electrons. The van der Waals surface area contributed by atoms with Crippen LogP contribution in [0, 0.1) is 17.2 Å². The van der Waals surface area contributed by atoms with Crippen molar-refractivity contribution in [3.63, 3.8) is 0 Å². The van der Waals surface area contributed by atoms with Gasteiger partial charge in [-0.15, -0.1) is 0 Å². The summed E-state index contributed by atoms with van der Waals surface area (Å²) >= 11 is 0. The molecule has 36 heavy (non-hydrogen) atoms. The van der Waals surface area contributed by atoms with Crippen molar-refractivity contribution in [1.29, 1.82) is 5.26 Å². The molecule has 0 unspecified atom stereocenters. The van der Waals surface area contributed by atoms with E-state index in [4.69, 9.17) is 4.42 Å². The van der Waals surface area contributed by atoms with Gasteiger partial charge in [0.2, 0.25) is 5.89 Å². The molecular formula is C29H30N4O3. The van der Waals surface area contributed by atoms with Crippen LogP contribution in [-0.2, 0) is 9.53 Å². The molecule has 2 aromatic carbocycles. The minimum Gasteiger partial charge on any atom is -0.465 e. The molecule has 2 aliphatic rings. The number of rotatable bonds is 7. The maximum Gasteiger partial charge on any atom is 0.293 e. The van der Waals surface area contributed by atoms with Crippen LogP contribution in [0.25, 0.3) is 33.6 Å². The van der Waals surface area contributed by atoms with Gasteiger partial charge in [0.15, 0.2) is 0 Å². The minimum atomic E-state index is 0.160. The largest absolute Gasteiger partial charge is 0.465 e. The molecule has 2 saturated carbocycles. The summed E-state index contributed by atoms with van der Waals surface area (Å²) in [4.78, 5) is 14.0. The number of nitrogens with one attached hydrogen (secondary N) is 1. The highest BCUT2D eigenvalue weighted by Crippen LogP contribution is 2.43. The van der Waals surface area contributed by atoms with Crippen LogP contribution in [0.5, 0.6) is 0 Å². The normalized spacial score (nSPS) is 15.8. The van der Waals surface area contributed by atoms with Crippen molar-refractivity contribution in [2.24, 2.45) is 5.92 Å². The molecule has 0 spiro atoms. The van der Waals surface area contributed by atoms with E-state index in [9.17, 15) is 10.1 Å². The number of fused-ring (bicyclic) bond motifs is 1. The van der Waals surface area contributed by atoms with E-state index >= 15 is 0 Å². The Hall–Kier alpha value is -4.05. The first-order valence-electron chi connectivity index (χ1n) is 12.5. The number of aromatic nitrogens is 2. The molecule has 2 aliphatic carbocycles. The predicted molar refractivity (Wildman–Crippen MR) is 139 cm³/mol. The summed E-state index contributed by atoms with van der Waals surface area (Å²) in [5, 5.41) is 14.1. The van der Waals surface area contributed by atoms with Crippen molar-refractivity contribution in [2.45, 2.75) is 51.2 Å². The van der Waals surface area contributed by atoms with Gasteiger partial charge in [-0.3, -0.25) is 4.79 Å². The Balaban J connectivity index is 0.000000286. The summed E-state index contributed by atoms with van der Waals surface area (Å²) < 4.78 is 12.5. The van der Waals surface area contributed by atoms with Gasteiger partial charge in [-0.05, 0) is 74.8 Å². The van der Waals surface area contributed by atoms with E-state index in [0.717, 1.165) is 51.8 Å². The molecule has 1 atom stereocenters. The van der Waals surface area contributed by atoms with E-state index in [-0.39, 0.29) is 6.10 Å². The first-order chi connectivity index (χ1) is 17.6. The fourth-order valence-electron chi connectivity index (χ4n) is 4.79. The van der Waals surface area contributed by atoms with Crippen LogP contribution in [0.15, 0.2) is 59.3 Å². The number of hydrogen-bond acceptors (Lipinski definition) is 6. The number of anilines is 1. The molecule has 4 aromatic rings. The Labute approximate surface area is 210 Å². The fourth-order valence-corrected chi connectivity index (χ4v) is 4.79. The summed E-state index contributed by atoms with van der Waals surface area (Å²) in [5.41, 5.74) is 5.87. The number of carbonyl (C=O) groups excluding carboxylic acids is 1. The lowest BCUT2D eigenvalue weighted by Gasteiger charge is -2.30. The van der Waals surface area contributed by atoms with Crippen molar-refractivity contribution in [2.75, 3.05) is 12.4 Å². The smallest absolute Gasteiger partial charge is 0.293 e. The Kier molecular flexibility index (Phi) is 6.77. The summed E-state index contributed by atoms with van der Waals surface area (Å²) in [6.45, 7) is 2.47. The molecule has 0 bridgehead atoms. The number of carbonyl (C=O) groups is 1. The highest BCUT2D eigenvalue weighted by Gasteiger charge is 2.29. The quantitative estimate of drug-likeness (QED) is 0.300. The number of benzene rings is 2. The van der Waals surface area contributed by atoms with Crippen LogP contribution in [0.2, 0.25) is 0 Å². The number of oxazole rings is 1. The highest BCUT2D eigenvalue weighted by atomic mass is 16.5. The van der Waals surface area contributed by atoms with Gasteiger partial charge >= 0.3 is 0 Å². The molecule has 184 valence electrons. The molecule has 6 rings (SSSR count). The molecule has 7 nitrogen and oxygen atoms in total. The van der Waals surface area contributed by atoms with Gasteiger partial charge in [-0.2, -0.15) is 5.26 Å². The van der Waals surface area contributed by atoms with Crippen molar-refractivity contribution in [3.8, 4) is 28.8 Å². The third kappa shape index (κ3) is 4.59. The topological polar surface area (TPSA) is 93.1 Å². The summed E-state index contributed by atoms with van der Waals surface area (Å²) in [5.74, 6) is 1.27. The number of nitrogens with zero attached hydrogens (tertiary/aromatic N) is 3. The third-order valence-electron chi connectivity index (χ3n) is 7.24. The van der Waals surface area contributed by atoms with E-state index in [1.807, 2.05) is 26.1 Å². The molecule has 2 heterocycles. The summed E-state index contributed by atoms with van der Waals surface area (Å²) in [6, 6.07) is 17.3. The Morgan fingerprint density at radius 3 is 2.47 bits per heavy atom. The average Bonchev–Trinajstić information content (AvgIpc) is 3.50. The highest BCUT2D eigenvalue weighted by molar-refractivity contribution is 5.96. The third-order valence-corrected chi connectivity index (χ3v) is 7.24. The van der Waals surface area contributed by atoms with Gasteiger partial charge in [-0.25, -0.2) is 4.98 Å². The molecule has 1 N–H and O–H groups in total. The molecule has 0 amide bonds. The fraction of sp³-hybridized carbons (Fsp3) is 0.345. The van der Waals surface area contributed by atoms with Gasteiger partial charge in [0.05, 0.1) is 23.0 Å². The number of nitriles is 1. The standard InChI is InChI=1S/C23H20N4O.C6H10O2/c1-25-17-8-5-15(6-9-17)22-20(14-24)19-10-7-16(23-26-11-12-28-23)13-21(19)27(22)18-3-2-4-18;1-5(8-4-7)6-2-3-6/h5-13,18,25H,2-4H2,1H3;4-6H,2-3H2,1H3/t;5-/m.1/s1. The second-order valence-corrected chi connectivity index (χ2v) is 9.46. The molecule has 0 aliphatic heterocycles. The Morgan fingerprint density at radius 2 is 1.92 bits per heavy atom. The van der Waals surface area contributed by atoms with Crippen LogP contribution in [-0.4, -0.2) is 29.2 Å². The van der Waals surface area contributed by atoms with E-state index in [1.54, 1.807) is 12.5 Å². The monoisotopic (exact) mass is 482 g/mol. The van der Waals surface area contributed by atoms with E-state index in [2.05, 4.69) is 56.0 Å². The van der Waals surface area contributed by atoms with Gasteiger partial charge < -0.3 is 19.0 Å². The lowest BCUT2D eigenvalue weighted by Crippen LogP contribution is -2.17. The van der Waals surface area contributed by atoms with Crippen LogP contribution in [0.3, 0.4) is 0 Å². The first-order valence-corrected chi connectivity index (χ1v) is 12.5. The summed E-state index contributed by atoms with van der Waals surface area (Å²) in [6.07, 6.45) is 9.36. The second-order valence-electron chi connectivity index (χ2n) is 9.46. The summed E-state index contributed by atoms with van der Waals surface area (Å²) in [7, 11) is 1.91. The van der Waals surface area contributed by atoms with Crippen molar-refractivity contribution in [3.05, 3.63) is 60.5 Å². The molecule has 7 heteroatoms. The zero-order chi connectivity index (χ0) is 25.1. The van der Waals surface area contributed by atoms with Crippen LogP contribution < -0.4 is 5.32 Å². The van der Waals surface area contributed by atoms with Crippen LogP contribution >= 0.6 is 0 Å². The maximum atomic E-state index is 10.0. The molecule has 0 saturated heterocycles. The molecule has 2 aromatic heterocycles. The first kappa shape index (κ1) is 23.7. The number of hydrogen-bond donors (Lipinski definition) is 1. The lowest BCUT2D eigenvalue weighted by atomic mass is 9.92. The van der Waals surface area contributed by atoms with Gasteiger partial charge in [0.25, 0.3) is 6.47 Å². The zero-order valence-electron chi connectivity index (χ0n) is 20.6. The SMILES string of the molecule is CNc1ccc(-c2c(C#N)c3ccc(-c4ncco4)cc3n2C2CCC2)cc1.C[C@@H](OC=O)C1CC1. The van der Waals surface area contributed by atoms with Gasteiger partial charge in [-0.1, -0.05) is 18.2 Å². The lowest BCUT2D eigenvalue weighted by molar-refractivity contribution is -0.133. The predicted octanol–water partition coefficient (Wildman–Crippen LogP) is 6.56. The second kappa shape index (κ2) is 10.3. The minimum absolute atomic E-state index is 0.160. The Bertz CT molecular complexity index is 1370. The van der Waals surface area contributed by atoms with Crippen molar-refractivity contribution in [1.82, 2.24) is 9.55 Å². The zero-order valence-corrected chi connectivity index (χ0v) is 20.6. The van der Waals surface area contributed by atoms with E-state index in [0.29, 0.717) is 24.3 Å². The molecular weight excluding hydrogens is 452 g/mol. The maximum absolute atomic E-state index is 10.0. The molecule has 2 fully saturated rings. The van der Waals surface area contributed by atoms with Gasteiger partial charge in [0, 0.05) is 29.7 Å².